The highest BCUT2D eigenvalue weighted by molar-refractivity contribution is 5.69. The third kappa shape index (κ3) is 5.56. The van der Waals surface area contributed by atoms with Crippen LogP contribution in [0.2, 0.25) is 0 Å². The third-order valence-electron chi connectivity index (χ3n) is 0.987. The number of ether oxygens (including phenoxy) is 1. The minimum Gasteiger partial charge on any atom is -0.466 e. The molecule has 0 aromatic carbocycles. The van der Waals surface area contributed by atoms with Crippen LogP contribution in [-0.2, 0) is 9.53 Å². The quantitative estimate of drug-likeness (QED) is 0.587. The zero-order valence-electron chi connectivity index (χ0n) is 6.17. The fourth-order valence-corrected chi connectivity index (χ4v) is 0.518. The normalized spacial score (nSPS) is 12.7. The maximum atomic E-state index is 10.6. The SMILES string of the molecule is [CH2]C(O)CCC(=O)OCC. The van der Waals surface area contributed by atoms with E-state index in [9.17, 15) is 4.79 Å². The van der Waals surface area contributed by atoms with E-state index < -0.39 is 6.10 Å². The molecule has 0 bridgehead atoms. The van der Waals surface area contributed by atoms with Crippen LogP contribution in [0.5, 0.6) is 0 Å². The lowest BCUT2D eigenvalue weighted by Crippen LogP contribution is -2.08. The van der Waals surface area contributed by atoms with Crippen LogP contribution in [0.3, 0.4) is 0 Å². The monoisotopic (exact) mass is 145 g/mol. The Morgan fingerprint density at radius 1 is 1.80 bits per heavy atom. The van der Waals surface area contributed by atoms with E-state index in [4.69, 9.17) is 5.11 Å². The van der Waals surface area contributed by atoms with Gasteiger partial charge in [-0.15, -0.1) is 0 Å². The second kappa shape index (κ2) is 5.23. The lowest BCUT2D eigenvalue weighted by Gasteiger charge is -2.02. The van der Waals surface area contributed by atoms with Crippen molar-refractivity contribution in [1.29, 1.82) is 0 Å². The second-order valence-electron chi connectivity index (χ2n) is 2.00. The molecule has 3 nitrogen and oxygen atoms in total. The minimum atomic E-state index is -0.663. The van der Waals surface area contributed by atoms with Crippen molar-refractivity contribution < 1.29 is 14.6 Å². The molecule has 1 atom stereocenters. The molecule has 0 aliphatic carbocycles. The molecule has 0 aromatic heterocycles. The first kappa shape index (κ1) is 9.43. The third-order valence-corrected chi connectivity index (χ3v) is 0.987. The van der Waals surface area contributed by atoms with E-state index in [0.29, 0.717) is 13.0 Å². The maximum Gasteiger partial charge on any atom is 0.305 e. The largest absolute Gasteiger partial charge is 0.466 e. The fraction of sp³-hybridized carbons (Fsp3) is 0.714. The molecule has 0 aromatic rings. The summed E-state index contributed by atoms with van der Waals surface area (Å²) in [6, 6.07) is 0. The van der Waals surface area contributed by atoms with Crippen LogP contribution in [0, 0.1) is 6.92 Å². The van der Waals surface area contributed by atoms with Crippen LogP contribution in [0.25, 0.3) is 0 Å². The Bertz CT molecular complexity index is 99.0. The summed E-state index contributed by atoms with van der Waals surface area (Å²) < 4.78 is 4.61. The molecule has 0 rings (SSSR count). The van der Waals surface area contributed by atoms with Crippen molar-refractivity contribution in [3.63, 3.8) is 0 Å². The topological polar surface area (TPSA) is 46.5 Å². The molecule has 3 heteroatoms. The van der Waals surface area contributed by atoms with E-state index in [-0.39, 0.29) is 12.4 Å². The van der Waals surface area contributed by atoms with Crippen LogP contribution in [0.4, 0.5) is 0 Å². The number of rotatable bonds is 4. The number of hydrogen-bond donors (Lipinski definition) is 1. The van der Waals surface area contributed by atoms with E-state index >= 15 is 0 Å². The van der Waals surface area contributed by atoms with Crippen molar-refractivity contribution >= 4 is 5.97 Å². The Kier molecular flexibility index (Phi) is 4.94. The van der Waals surface area contributed by atoms with E-state index in [1.54, 1.807) is 6.92 Å². The molecule has 1 N–H and O–H groups in total. The van der Waals surface area contributed by atoms with Gasteiger partial charge in [0.25, 0.3) is 0 Å². The zero-order valence-corrected chi connectivity index (χ0v) is 6.17. The van der Waals surface area contributed by atoms with Gasteiger partial charge < -0.3 is 9.84 Å². The summed E-state index contributed by atoms with van der Waals surface area (Å²) >= 11 is 0. The van der Waals surface area contributed by atoms with E-state index in [1.165, 1.54) is 0 Å². The molecule has 0 saturated carbocycles. The Morgan fingerprint density at radius 2 is 2.40 bits per heavy atom. The van der Waals surface area contributed by atoms with Crippen LogP contribution in [0.15, 0.2) is 0 Å². The van der Waals surface area contributed by atoms with Gasteiger partial charge in [0, 0.05) is 6.42 Å². The molecule has 0 heterocycles. The van der Waals surface area contributed by atoms with Gasteiger partial charge in [0.1, 0.15) is 0 Å². The molecular formula is C7H13O3. The van der Waals surface area contributed by atoms with Crippen LogP contribution >= 0.6 is 0 Å². The summed E-state index contributed by atoms with van der Waals surface area (Å²) in [6.07, 6.45) is -0.0402. The molecule has 0 fully saturated rings. The van der Waals surface area contributed by atoms with Crippen LogP contribution in [0.1, 0.15) is 19.8 Å². The molecular weight excluding hydrogens is 132 g/mol. The molecule has 0 spiro atoms. The molecule has 0 saturated heterocycles. The molecule has 0 aliphatic rings. The summed E-state index contributed by atoms with van der Waals surface area (Å²) in [5, 5.41) is 8.65. The van der Waals surface area contributed by atoms with Crippen LogP contribution < -0.4 is 0 Å². The summed E-state index contributed by atoms with van der Waals surface area (Å²) in [7, 11) is 0. The minimum absolute atomic E-state index is 0.249. The van der Waals surface area contributed by atoms with Crippen molar-refractivity contribution in [1.82, 2.24) is 0 Å². The summed E-state index contributed by atoms with van der Waals surface area (Å²) in [4.78, 5) is 10.6. The van der Waals surface area contributed by atoms with E-state index in [0.717, 1.165) is 0 Å². The molecule has 59 valence electrons. The first-order chi connectivity index (χ1) is 4.66. The second-order valence-corrected chi connectivity index (χ2v) is 2.00. The van der Waals surface area contributed by atoms with E-state index in [2.05, 4.69) is 11.7 Å². The van der Waals surface area contributed by atoms with Crippen LogP contribution in [-0.4, -0.2) is 23.8 Å². The van der Waals surface area contributed by atoms with Gasteiger partial charge in [0.2, 0.25) is 0 Å². The van der Waals surface area contributed by atoms with Crippen molar-refractivity contribution in [2.24, 2.45) is 0 Å². The Morgan fingerprint density at radius 3 is 2.80 bits per heavy atom. The number of aliphatic hydroxyl groups is 1. The summed E-state index contributed by atoms with van der Waals surface area (Å²) in [5.41, 5.74) is 0. The molecule has 1 unspecified atom stereocenters. The lowest BCUT2D eigenvalue weighted by atomic mass is 10.2. The van der Waals surface area contributed by atoms with Gasteiger partial charge in [0.05, 0.1) is 12.7 Å². The summed E-state index contributed by atoms with van der Waals surface area (Å²) in [6.45, 7) is 5.46. The van der Waals surface area contributed by atoms with Gasteiger partial charge in [-0.05, 0) is 20.3 Å². The highest BCUT2D eigenvalue weighted by atomic mass is 16.5. The first-order valence-corrected chi connectivity index (χ1v) is 3.33. The highest BCUT2D eigenvalue weighted by Gasteiger charge is 2.03. The van der Waals surface area contributed by atoms with Crippen molar-refractivity contribution in [3.8, 4) is 0 Å². The maximum absolute atomic E-state index is 10.6. The van der Waals surface area contributed by atoms with Gasteiger partial charge in [0.15, 0.2) is 0 Å². The van der Waals surface area contributed by atoms with Crippen molar-refractivity contribution in [2.75, 3.05) is 6.61 Å². The number of carbonyl (C=O) groups is 1. The fourth-order valence-electron chi connectivity index (χ4n) is 0.518. The van der Waals surface area contributed by atoms with Gasteiger partial charge >= 0.3 is 5.97 Å². The number of hydrogen-bond acceptors (Lipinski definition) is 3. The average Bonchev–Trinajstić information content (AvgIpc) is 1.85. The van der Waals surface area contributed by atoms with Gasteiger partial charge in [-0.2, -0.15) is 0 Å². The molecule has 0 aliphatic heterocycles. The van der Waals surface area contributed by atoms with Gasteiger partial charge in [-0.25, -0.2) is 0 Å². The first-order valence-electron chi connectivity index (χ1n) is 3.33. The highest BCUT2D eigenvalue weighted by Crippen LogP contribution is 1.96. The Balaban J connectivity index is 3.22. The van der Waals surface area contributed by atoms with Crippen molar-refractivity contribution in [2.45, 2.75) is 25.9 Å². The molecule has 10 heavy (non-hydrogen) atoms. The predicted molar refractivity (Wildman–Crippen MR) is 37.2 cm³/mol. The average molecular weight is 145 g/mol. The Labute approximate surface area is 61.0 Å². The number of carbonyl (C=O) groups excluding carboxylic acids is 1. The number of aliphatic hydroxyl groups excluding tert-OH is 1. The Hall–Kier alpha value is -0.570. The zero-order chi connectivity index (χ0) is 7.98. The smallest absolute Gasteiger partial charge is 0.305 e. The molecule has 1 radical (unpaired) electrons. The predicted octanol–water partition coefficient (Wildman–Crippen LogP) is 0.525. The lowest BCUT2D eigenvalue weighted by molar-refractivity contribution is -0.143. The van der Waals surface area contributed by atoms with E-state index in [1.807, 2.05) is 0 Å². The van der Waals surface area contributed by atoms with Gasteiger partial charge in [-0.3, -0.25) is 4.79 Å². The number of esters is 1. The standard InChI is InChI=1S/C7H13O3/c1-3-10-7(9)5-4-6(2)8/h6,8H,2-5H2,1H3. The molecule has 0 amide bonds. The summed E-state index contributed by atoms with van der Waals surface area (Å²) in [5.74, 6) is -0.273. The van der Waals surface area contributed by atoms with Crippen molar-refractivity contribution in [3.05, 3.63) is 6.92 Å². The van der Waals surface area contributed by atoms with Gasteiger partial charge in [-0.1, -0.05) is 0 Å².